The first-order valence-electron chi connectivity index (χ1n) is 12.1. The zero-order valence-electron chi connectivity index (χ0n) is 19.8. The van der Waals surface area contributed by atoms with E-state index in [1.165, 1.54) is 25.8 Å². The number of amides is 1. The lowest BCUT2D eigenvalue weighted by atomic mass is 9.81. The second kappa shape index (κ2) is 10.1. The van der Waals surface area contributed by atoms with Crippen LogP contribution in [-0.2, 0) is 4.74 Å². The molecule has 0 aliphatic carbocycles. The number of piperazine rings is 1. The molecule has 1 aromatic rings. The van der Waals surface area contributed by atoms with Crippen molar-refractivity contribution in [3.8, 4) is 5.75 Å². The molecule has 0 N–H and O–H groups in total. The summed E-state index contributed by atoms with van der Waals surface area (Å²) in [6.07, 6.45) is 3.85. The van der Waals surface area contributed by atoms with E-state index in [1.807, 2.05) is 4.90 Å². The molecule has 3 heterocycles. The van der Waals surface area contributed by atoms with Crippen LogP contribution in [0.15, 0.2) is 18.2 Å². The van der Waals surface area contributed by atoms with Crippen LogP contribution in [0.5, 0.6) is 5.75 Å². The van der Waals surface area contributed by atoms with Gasteiger partial charge in [-0.1, -0.05) is 13.8 Å². The number of rotatable bonds is 5. The number of carbonyl (C=O) groups is 1. The fourth-order valence-electron chi connectivity index (χ4n) is 5.59. The molecule has 0 saturated carbocycles. The van der Waals surface area contributed by atoms with Gasteiger partial charge in [0.05, 0.1) is 12.7 Å². The highest BCUT2D eigenvalue weighted by Gasteiger charge is 2.43. The number of halogens is 1. The number of hydrogen-bond acceptors (Lipinski definition) is 5. The number of piperidine rings is 1. The first-order chi connectivity index (χ1) is 15.4. The van der Waals surface area contributed by atoms with Crippen LogP contribution in [0.4, 0.5) is 4.39 Å². The van der Waals surface area contributed by atoms with Crippen LogP contribution in [0.2, 0.25) is 0 Å². The van der Waals surface area contributed by atoms with E-state index in [0.717, 1.165) is 64.4 Å². The normalized spacial score (nSPS) is 24.8. The van der Waals surface area contributed by atoms with Gasteiger partial charge in [-0.05, 0) is 49.8 Å². The second-order valence-electron chi connectivity index (χ2n) is 10.1. The predicted octanol–water partition coefficient (Wildman–Crippen LogP) is 3.26. The van der Waals surface area contributed by atoms with Gasteiger partial charge >= 0.3 is 0 Å². The van der Waals surface area contributed by atoms with E-state index in [9.17, 15) is 9.18 Å². The number of likely N-dealkylation sites (tertiary alicyclic amines) is 1. The van der Waals surface area contributed by atoms with Gasteiger partial charge in [0.25, 0.3) is 5.91 Å². The van der Waals surface area contributed by atoms with Crippen LogP contribution in [-0.4, -0.2) is 91.8 Å². The molecule has 3 saturated heterocycles. The summed E-state index contributed by atoms with van der Waals surface area (Å²) in [6, 6.07) is 5.00. The third-order valence-electron chi connectivity index (χ3n) is 7.37. The Morgan fingerprint density at radius 1 is 1.19 bits per heavy atom. The van der Waals surface area contributed by atoms with E-state index in [4.69, 9.17) is 9.47 Å². The Balaban J connectivity index is 1.31. The van der Waals surface area contributed by atoms with E-state index >= 15 is 0 Å². The zero-order chi connectivity index (χ0) is 22.7. The Labute approximate surface area is 191 Å². The van der Waals surface area contributed by atoms with Gasteiger partial charge < -0.3 is 19.3 Å². The minimum Gasteiger partial charge on any atom is -0.494 e. The molecule has 32 heavy (non-hydrogen) atoms. The van der Waals surface area contributed by atoms with Crippen LogP contribution < -0.4 is 4.74 Å². The summed E-state index contributed by atoms with van der Waals surface area (Å²) in [5.41, 5.74) is 0.251. The monoisotopic (exact) mass is 447 g/mol. The summed E-state index contributed by atoms with van der Waals surface area (Å²) in [7, 11) is 1.42. The lowest BCUT2D eigenvalue weighted by molar-refractivity contribution is -0.132. The molecule has 178 valence electrons. The molecule has 1 aromatic carbocycles. The van der Waals surface area contributed by atoms with Gasteiger partial charge in [-0.25, -0.2) is 4.39 Å². The van der Waals surface area contributed by atoms with Crippen molar-refractivity contribution in [1.29, 1.82) is 0 Å². The lowest BCUT2D eigenvalue weighted by Crippen LogP contribution is -2.57. The number of benzene rings is 1. The summed E-state index contributed by atoms with van der Waals surface area (Å²) in [5.74, 6) is 0.259. The van der Waals surface area contributed by atoms with Gasteiger partial charge in [-0.3, -0.25) is 9.69 Å². The predicted molar refractivity (Wildman–Crippen MR) is 123 cm³/mol. The van der Waals surface area contributed by atoms with Crippen LogP contribution in [0.3, 0.4) is 0 Å². The van der Waals surface area contributed by atoms with Crippen LogP contribution in [0.1, 0.15) is 49.9 Å². The summed E-state index contributed by atoms with van der Waals surface area (Å²) < 4.78 is 25.3. The van der Waals surface area contributed by atoms with Crippen LogP contribution >= 0.6 is 0 Å². The minimum absolute atomic E-state index is 0.116. The van der Waals surface area contributed by atoms with Crippen molar-refractivity contribution < 1.29 is 18.7 Å². The van der Waals surface area contributed by atoms with E-state index < -0.39 is 5.82 Å². The van der Waals surface area contributed by atoms with E-state index in [-0.39, 0.29) is 17.3 Å². The van der Waals surface area contributed by atoms with E-state index in [0.29, 0.717) is 24.7 Å². The Morgan fingerprint density at radius 3 is 2.53 bits per heavy atom. The van der Waals surface area contributed by atoms with Gasteiger partial charge in [-0.15, -0.1) is 0 Å². The minimum atomic E-state index is -0.501. The molecule has 3 aliphatic rings. The first-order valence-corrected chi connectivity index (χ1v) is 12.1. The summed E-state index contributed by atoms with van der Waals surface area (Å²) in [5, 5.41) is 0. The molecule has 1 amide bonds. The van der Waals surface area contributed by atoms with Crippen LogP contribution in [0.25, 0.3) is 0 Å². The highest BCUT2D eigenvalue weighted by molar-refractivity contribution is 5.94. The molecule has 7 heteroatoms. The maximum atomic E-state index is 14.0. The van der Waals surface area contributed by atoms with Gasteiger partial charge in [0.2, 0.25) is 0 Å². The number of carbonyl (C=O) groups excluding carboxylic acids is 1. The summed E-state index contributed by atoms with van der Waals surface area (Å²) in [6.45, 7) is 12.5. The molecular formula is C25H38FN3O3. The van der Waals surface area contributed by atoms with Gasteiger partial charge in [0, 0.05) is 64.0 Å². The highest BCUT2D eigenvalue weighted by Crippen LogP contribution is 2.37. The largest absolute Gasteiger partial charge is 0.494 e. The Bertz CT molecular complexity index is 787. The van der Waals surface area contributed by atoms with Crippen molar-refractivity contribution in [1.82, 2.24) is 14.7 Å². The lowest BCUT2D eigenvalue weighted by Gasteiger charge is -2.49. The van der Waals surface area contributed by atoms with E-state index in [1.54, 1.807) is 6.07 Å². The van der Waals surface area contributed by atoms with Gasteiger partial charge in [0.1, 0.15) is 0 Å². The number of methoxy groups -OCH3 is 1. The van der Waals surface area contributed by atoms with Crippen molar-refractivity contribution in [3.63, 3.8) is 0 Å². The second-order valence-corrected chi connectivity index (χ2v) is 10.1. The third kappa shape index (κ3) is 5.26. The Kier molecular flexibility index (Phi) is 7.37. The number of nitrogens with zero attached hydrogens (tertiary/aromatic N) is 3. The summed E-state index contributed by atoms with van der Waals surface area (Å²) in [4.78, 5) is 20.0. The molecule has 6 nitrogen and oxygen atoms in total. The molecular weight excluding hydrogens is 409 g/mol. The van der Waals surface area contributed by atoms with Crippen molar-refractivity contribution in [2.75, 3.05) is 59.5 Å². The molecule has 4 rings (SSSR count). The quantitative estimate of drug-likeness (QED) is 0.693. The van der Waals surface area contributed by atoms with Crippen molar-refractivity contribution in [2.45, 2.75) is 51.2 Å². The van der Waals surface area contributed by atoms with Crippen molar-refractivity contribution in [2.24, 2.45) is 5.92 Å². The molecule has 0 bridgehead atoms. The SMILES string of the molecule is COc1ccc(C(=O)N2CCC3(CC2)C[C@@H](N2CCN(CC(C)C)CC2)CCO3)cc1F. The van der Waals surface area contributed by atoms with Crippen molar-refractivity contribution in [3.05, 3.63) is 29.6 Å². The Morgan fingerprint density at radius 2 is 1.91 bits per heavy atom. The molecule has 1 atom stereocenters. The third-order valence-corrected chi connectivity index (χ3v) is 7.37. The zero-order valence-corrected chi connectivity index (χ0v) is 19.8. The molecule has 1 spiro atoms. The number of ether oxygens (including phenoxy) is 2. The van der Waals surface area contributed by atoms with Crippen molar-refractivity contribution >= 4 is 5.91 Å². The molecule has 0 radical (unpaired) electrons. The average molecular weight is 448 g/mol. The molecule has 0 aromatic heterocycles. The average Bonchev–Trinajstić information content (AvgIpc) is 2.79. The molecule has 3 aliphatic heterocycles. The van der Waals surface area contributed by atoms with Gasteiger partial charge in [-0.2, -0.15) is 0 Å². The maximum Gasteiger partial charge on any atom is 0.253 e. The standard InChI is InChI=1S/C25H38FN3O3/c1-19(2)18-27-11-13-28(14-12-27)21-6-15-32-25(17-21)7-9-29(10-8-25)24(30)20-4-5-23(31-3)22(26)16-20/h4-5,16,19,21H,6-15,17-18H2,1-3H3/t21-/m0/s1. The maximum absolute atomic E-state index is 14.0. The molecule has 0 unspecified atom stereocenters. The fraction of sp³-hybridized carbons (Fsp3) is 0.720. The molecule has 3 fully saturated rings. The fourth-order valence-corrected chi connectivity index (χ4v) is 5.59. The number of hydrogen-bond donors (Lipinski definition) is 0. The Hall–Kier alpha value is -1.70. The first kappa shape index (κ1) is 23.5. The topological polar surface area (TPSA) is 45.2 Å². The summed E-state index contributed by atoms with van der Waals surface area (Å²) >= 11 is 0. The van der Waals surface area contributed by atoms with Gasteiger partial charge in [0.15, 0.2) is 11.6 Å². The highest BCUT2D eigenvalue weighted by atomic mass is 19.1. The van der Waals surface area contributed by atoms with E-state index in [2.05, 4.69) is 23.6 Å². The van der Waals surface area contributed by atoms with Crippen LogP contribution in [0, 0.1) is 11.7 Å². The smallest absolute Gasteiger partial charge is 0.253 e.